The highest BCUT2D eigenvalue weighted by Crippen LogP contribution is 2.18. The summed E-state index contributed by atoms with van der Waals surface area (Å²) in [6.07, 6.45) is 0.421. The SMILES string of the molecule is COC(OC)c1c[n+](=O)c2ccccc2n1O. The summed E-state index contributed by atoms with van der Waals surface area (Å²) in [6, 6.07) is 6.71. The number of aromatic nitrogens is 2. The molecule has 0 amide bonds. The molecular weight excluding hydrogens is 224 g/mol. The molecule has 0 aliphatic heterocycles. The van der Waals surface area contributed by atoms with Crippen LogP contribution in [0.5, 0.6) is 0 Å². The highest BCUT2D eigenvalue weighted by atomic mass is 16.7. The monoisotopic (exact) mass is 237 g/mol. The first kappa shape index (κ1) is 11.6. The fourth-order valence-corrected chi connectivity index (χ4v) is 1.71. The summed E-state index contributed by atoms with van der Waals surface area (Å²) in [6.45, 7) is 0. The van der Waals surface area contributed by atoms with Crippen LogP contribution in [-0.2, 0) is 9.47 Å². The first-order valence-corrected chi connectivity index (χ1v) is 5.00. The number of ether oxygens (including phenoxy) is 2. The van der Waals surface area contributed by atoms with Crippen molar-refractivity contribution in [2.75, 3.05) is 14.2 Å². The fourth-order valence-electron chi connectivity index (χ4n) is 1.71. The molecule has 2 rings (SSSR count). The van der Waals surface area contributed by atoms with Gasteiger partial charge in [0.1, 0.15) is 0 Å². The molecule has 1 heterocycles. The third-order valence-corrected chi connectivity index (χ3v) is 2.51. The zero-order chi connectivity index (χ0) is 12.4. The molecule has 0 radical (unpaired) electrons. The zero-order valence-corrected chi connectivity index (χ0v) is 9.53. The highest BCUT2D eigenvalue weighted by Gasteiger charge is 2.22. The third kappa shape index (κ3) is 1.88. The number of para-hydroxylation sites is 2. The molecule has 1 aromatic heterocycles. The molecule has 0 spiro atoms. The molecule has 90 valence electrons. The van der Waals surface area contributed by atoms with Crippen molar-refractivity contribution in [1.82, 2.24) is 4.73 Å². The van der Waals surface area contributed by atoms with Crippen LogP contribution in [0, 0.1) is 4.91 Å². The van der Waals surface area contributed by atoms with Gasteiger partial charge in [0.25, 0.3) is 11.7 Å². The van der Waals surface area contributed by atoms with E-state index in [2.05, 4.69) is 0 Å². The number of rotatable bonds is 3. The Balaban J connectivity index is 2.75. The second-order valence-electron chi connectivity index (χ2n) is 3.48. The summed E-state index contributed by atoms with van der Waals surface area (Å²) in [4.78, 5) is 11.8. The van der Waals surface area contributed by atoms with Crippen molar-refractivity contribution in [2.24, 2.45) is 0 Å². The molecule has 6 nitrogen and oxygen atoms in total. The van der Waals surface area contributed by atoms with E-state index in [1.165, 1.54) is 20.4 Å². The van der Waals surface area contributed by atoms with Gasteiger partial charge in [-0.3, -0.25) is 0 Å². The minimum absolute atomic E-state index is 0.226. The Kier molecular flexibility index (Phi) is 3.08. The Morgan fingerprint density at radius 2 is 1.94 bits per heavy atom. The van der Waals surface area contributed by atoms with Gasteiger partial charge in [-0.1, -0.05) is 12.1 Å². The minimum atomic E-state index is -0.801. The molecule has 0 bridgehead atoms. The van der Waals surface area contributed by atoms with Gasteiger partial charge < -0.3 is 14.7 Å². The van der Waals surface area contributed by atoms with E-state index in [-0.39, 0.29) is 5.69 Å². The molecule has 17 heavy (non-hydrogen) atoms. The van der Waals surface area contributed by atoms with E-state index < -0.39 is 6.29 Å². The molecule has 2 aromatic rings. The van der Waals surface area contributed by atoms with Crippen molar-refractivity contribution in [3.05, 3.63) is 41.1 Å². The van der Waals surface area contributed by atoms with E-state index in [1.54, 1.807) is 24.3 Å². The summed E-state index contributed by atoms with van der Waals surface area (Å²) in [5.74, 6) is 0. The van der Waals surface area contributed by atoms with Gasteiger partial charge in [-0.25, -0.2) is 0 Å². The maximum Gasteiger partial charge on any atom is 0.289 e. The molecule has 0 aliphatic rings. The van der Waals surface area contributed by atoms with Crippen LogP contribution in [0.1, 0.15) is 12.0 Å². The summed E-state index contributed by atoms with van der Waals surface area (Å²) < 4.78 is 11.6. The molecule has 0 fully saturated rings. The van der Waals surface area contributed by atoms with Crippen molar-refractivity contribution >= 4 is 11.0 Å². The molecule has 0 aliphatic carbocycles. The molecule has 0 saturated heterocycles. The maximum absolute atomic E-state index is 11.8. The molecule has 0 atom stereocenters. The Morgan fingerprint density at radius 3 is 2.59 bits per heavy atom. The number of hydrogen-bond donors (Lipinski definition) is 1. The number of hydrogen-bond acceptors (Lipinski definition) is 4. The van der Waals surface area contributed by atoms with E-state index in [1.807, 2.05) is 0 Å². The van der Waals surface area contributed by atoms with Crippen LogP contribution in [0.2, 0.25) is 0 Å². The van der Waals surface area contributed by atoms with E-state index in [9.17, 15) is 10.1 Å². The lowest BCUT2D eigenvalue weighted by atomic mass is 10.3. The number of benzene rings is 1. The van der Waals surface area contributed by atoms with Gasteiger partial charge in [0.2, 0.25) is 6.29 Å². The first-order chi connectivity index (χ1) is 8.19. The van der Waals surface area contributed by atoms with Crippen LogP contribution < -0.4 is 4.43 Å². The van der Waals surface area contributed by atoms with E-state index in [4.69, 9.17) is 9.47 Å². The van der Waals surface area contributed by atoms with Crippen LogP contribution in [0.3, 0.4) is 0 Å². The van der Waals surface area contributed by atoms with Gasteiger partial charge in [-0.2, -0.15) is 4.73 Å². The van der Waals surface area contributed by atoms with E-state index >= 15 is 0 Å². The third-order valence-electron chi connectivity index (χ3n) is 2.51. The highest BCUT2D eigenvalue weighted by molar-refractivity contribution is 5.70. The second kappa shape index (κ2) is 4.52. The Hall–Kier alpha value is -1.92. The average Bonchev–Trinajstić information content (AvgIpc) is 2.37. The van der Waals surface area contributed by atoms with E-state index in [0.29, 0.717) is 15.5 Å². The molecule has 0 saturated carbocycles. The summed E-state index contributed by atoms with van der Waals surface area (Å²) in [5.41, 5.74) is 0.979. The number of methoxy groups -OCH3 is 2. The number of nitrogens with zero attached hydrogens (tertiary/aromatic N) is 2. The lowest BCUT2D eigenvalue weighted by molar-refractivity contribution is -0.467. The smallest absolute Gasteiger partial charge is 0.289 e. The standard InChI is InChI=1S/C11H13N2O4/c1-16-11(17-2)10-7-12(14)8-5-3-4-6-9(8)13(10)15/h3-7,11,15H,1-2H3/q+1. The van der Waals surface area contributed by atoms with Crippen LogP contribution in [0.4, 0.5) is 0 Å². The van der Waals surface area contributed by atoms with Gasteiger partial charge in [0, 0.05) is 25.2 Å². The van der Waals surface area contributed by atoms with Crippen LogP contribution in [0.25, 0.3) is 11.0 Å². The topological polar surface area (TPSA) is 66.6 Å². The fraction of sp³-hybridized carbons (Fsp3) is 0.273. The van der Waals surface area contributed by atoms with Crippen LogP contribution in [-0.4, -0.2) is 24.2 Å². The lowest BCUT2D eigenvalue weighted by Gasteiger charge is -2.14. The predicted octanol–water partition coefficient (Wildman–Crippen LogP) is 1.08. The Morgan fingerprint density at radius 1 is 1.29 bits per heavy atom. The first-order valence-electron chi connectivity index (χ1n) is 5.00. The molecule has 1 aromatic carbocycles. The summed E-state index contributed by atoms with van der Waals surface area (Å²) in [7, 11) is 2.86. The van der Waals surface area contributed by atoms with Gasteiger partial charge in [-0.15, -0.1) is 0 Å². The Bertz CT molecular complexity index is 590. The maximum atomic E-state index is 11.8. The summed E-state index contributed by atoms with van der Waals surface area (Å²) in [5, 5.41) is 10.0. The van der Waals surface area contributed by atoms with Crippen molar-refractivity contribution in [2.45, 2.75) is 6.29 Å². The molecular formula is C11H13N2O4+. The predicted molar refractivity (Wildman–Crippen MR) is 59.2 cm³/mol. The van der Waals surface area contributed by atoms with Gasteiger partial charge in [0.15, 0.2) is 11.2 Å². The van der Waals surface area contributed by atoms with Gasteiger partial charge in [-0.05, 0) is 6.07 Å². The number of fused-ring (bicyclic) bond motifs is 1. The van der Waals surface area contributed by atoms with Crippen LogP contribution in [0.15, 0.2) is 30.5 Å². The van der Waals surface area contributed by atoms with Crippen molar-refractivity contribution in [1.29, 1.82) is 0 Å². The van der Waals surface area contributed by atoms with E-state index in [0.717, 1.165) is 4.73 Å². The largest absolute Gasteiger partial charge is 0.428 e. The summed E-state index contributed by atoms with van der Waals surface area (Å²) >= 11 is 0. The van der Waals surface area contributed by atoms with Crippen molar-refractivity contribution in [3.8, 4) is 0 Å². The molecule has 6 heteroatoms. The second-order valence-corrected chi connectivity index (χ2v) is 3.48. The van der Waals surface area contributed by atoms with Gasteiger partial charge in [0.05, 0.1) is 4.43 Å². The van der Waals surface area contributed by atoms with Crippen molar-refractivity contribution < 1.29 is 19.1 Å². The molecule has 1 N–H and O–H groups in total. The average molecular weight is 237 g/mol. The Labute approximate surface area is 97.2 Å². The zero-order valence-electron chi connectivity index (χ0n) is 9.53. The lowest BCUT2D eigenvalue weighted by Crippen LogP contribution is -2.23. The molecule has 0 unspecified atom stereocenters. The van der Waals surface area contributed by atoms with Crippen LogP contribution >= 0.6 is 0 Å². The van der Waals surface area contributed by atoms with Crippen molar-refractivity contribution in [3.63, 3.8) is 0 Å². The quantitative estimate of drug-likeness (QED) is 0.493. The van der Waals surface area contributed by atoms with Gasteiger partial charge >= 0.3 is 0 Å². The minimum Gasteiger partial charge on any atom is -0.428 e. The normalized spacial score (nSPS) is 11.2.